The van der Waals surface area contributed by atoms with Gasteiger partial charge in [-0.2, -0.15) is 4.98 Å². The van der Waals surface area contributed by atoms with Crippen molar-refractivity contribution >= 4 is 36.0 Å². The molecule has 3 N–H and O–H groups in total. The number of nitrogens with one attached hydrogen (secondary N) is 3. The Morgan fingerprint density at radius 2 is 1.81 bits per heavy atom. The van der Waals surface area contributed by atoms with Gasteiger partial charge in [-0.15, -0.1) is 24.0 Å². The van der Waals surface area contributed by atoms with Gasteiger partial charge in [0.1, 0.15) is 5.60 Å². The van der Waals surface area contributed by atoms with Gasteiger partial charge >= 0.3 is 6.09 Å². The third-order valence-corrected chi connectivity index (χ3v) is 4.86. The van der Waals surface area contributed by atoms with E-state index < -0.39 is 17.2 Å². The largest absolute Gasteiger partial charge is 0.444 e. The van der Waals surface area contributed by atoms with Gasteiger partial charge in [0.25, 0.3) is 0 Å². The first-order valence-corrected chi connectivity index (χ1v) is 11.4. The van der Waals surface area contributed by atoms with Gasteiger partial charge in [0.15, 0.2) is 11.8 Å². The summed E-state index contributed by atoms with van der Waals surface area (Å²) in [5, 5.41) is 13.6. The fourth-order valence-corrected chi connectivity index (χ4v) is 2.83. The Morgan fingerprint density at radius 1 is 1.16 bits per heavy atom. The molecule has 1 aromatic rings. The van der Waals surface area contributed by atoms with Crippen LogP contribution in [0.3, 0.4) is 0 Å². The molecule has 32 heavy (non-hydrogen) atoms. The summed E-state index contributed by atoms with van der Waals surface area (Å²) in [4.78, 5) is 21.4. The summed E-state index contributed by atoms with van der Waals surface area (Å²) in [6, 6.07) is 0. The highest BCUT2D eigenvalue weighted by Crippen LogP contribution is 2.17. The van der Waals surface area contributed by atoms with Crippen molar-refractivity contribution in [2.24, 2.45) is 4.99 Å². The second-order valence-corrected chi connectivity index (χ2v) is 9.04. The number of guanidine groups is 1. The first-order valence-electron chi connectivity index (χ1n) is 11.4. The lowest BCUT2D eigenvalue weighted by molar-refractivity contribution is 0.0452. The number of nitrogens with zero attached hydrogens (tertiary/aromatic N) is 3. The number of hydrogen-bond acceptors (Lipinski definition) is 6. The molecule has 0 spiro atoms. The van der Waals surface area contributed by atoms with Crippen molar-refractivity contribution in [2.75, 3.05) is 19.6 Å². The normalized spacial score (nSPS) is 12.3. The molecule has 0 aliphatic heterocycles. The monoisotopic (exact) mass is 566 g/mol. The standard InChI is InChI=1S/C22H42N6O3.HI/c1-9-22(10-2,27-20(29)30-21(6,7)8)15-25-19(23-11-3)24-14-12-13-17-26-18(16(4)5)28-31-17;/h16H,9-15H2,1-8H3,(H,27,29)(H2,23,24,25);1H. The Labute approximate surface area is 210 Å². The van der Waals surface area contributed by atoms with Crippen molar-refractivity contribution < 1.29 is 14.1 Å². The number of alkyl carbamates (subject to hydrolysis) is 1. The fourth-order valence-electron chi connectivity index (χ4n) is 2.83. The molecule has 0 atom stereocenters. The molecule has 0 aliphatic carbocycles. The molecular formula is C22H43IN6O3. The zero-order chi connectivity index (χ0) is 23.5. The lowest BCUT2D eigenvalue weighted by Gasteiger charge is -2.32. The summed E-state index contributed by atoms with van der Waals surface area (Å²) in [5.74, 6) is 2.37. The minimum absolute atomic E-state index is 0. The maximum absolute atomic E-state index is 12.3. The topological polar surface area (TPSA) is 114 Å². The summed E-state index contributed by atoms with van der Waals surface area (Å²) in [7, 11) is 0. The molecule has 0 aliphatic rings. The van der Waals surface area contributed by atoms with Crippen LogP contribution in [-0.2, 0) is 11.2 Å². The Hall–Kier alpha value is -1.59. The molecule has 0 saturated carbocycles. The van der Waals surface area contributed by atoms with E-state index in [1.165, 1.54) is 0 Å². The van der Waals surface area contributed by atoms with Crippen molar-refractivity contribution in [1.82, 2.24) is 26.1 Å². The molecule has 1 rings (SSSR count). The quantitative estimate of drug-likeness (QED) is 0.158. The SMILES string of the molecule is CCNC(=NCC(CC)(CC)NC(=O)OC(C)(C)C)NCCCc1nc(C(C)C)no1.I. The van der Waals surface area contributed by atoms with Crippen LogP contribution >= 0.6 is 24.0 Å². The van der Waals surface area contributed by atoms with Crippen molar-refractivity contribution in [3.63, 3.8) is 0 Å². The molecule has 0 fully saturated rings. The van der Waals surface area contributed by atoms with E-state index in [0.29, 0.717) is 24.8 Å². The number of rotatable bonds is 11. The Bertz CT molecular complexity index is 696. The molecule has 1 amide bonds. The number of halogens is 1. The first-order chi connectivity index (χ1) is 14.5. The van der Waals surface area contributed by atoms with Crippen LogP contribution in [0.15, 0.2) is 9.52 Å². The van der Waals surface area contributed by atoms with Crippen LogP contribution in [0, 0.1) is 0 Å². The lowest BCUT2D eigenvalue weighted by atomic mass is 9.93. The van der Waals surface area contributed by atoms with Crippen LogP contribution in [0.5, 0.6) is 0 Å². The lowest BCUT2D eigenvalue weighted by Crippen LogP contribution is -2.52. The summed E-state index contributed by atoms with van der Waals surface area (Å²) >= 11 is 0. The predicted molar refractivity (Wildman–Crippen MR) is 139 cm³/mol. The van der Waals surface area contributed by atoms with E-state index in [0.717, 1.165) is 38.2 Å². The van der Waals surface area contributed by atoms with Gasteiger partial charge in [-0.25, -0.2) is 4.79 Å². The summed E-state index contributed by atoms with van der Waals surface area (Å²) in [6.45, 7) is 17.7. The first kappa shape index (κ1) is 30.4. The maximum Gasteiger partial charge on any atom is 0.408 e. The van der Waals surface area contributed by atoms with E-state index in [2.05, 4.69) is 26.1 Å². The second kappa shape index (κ2) is 14.5. The third-order valence-electron chi connectivity index (χ3n) is 4.86. The van der Waals surface area contributed by atoms with E-state index in [9.17, 15) is 4.79 Å². The smallest absolute Gasteiger partial charge is 0.408 e. The molecule has 0 unspecified atom stereocenters. The van der Waals surface area contributed by atoms with Crippen molar-refractivity contribution in [3.05, 3.63) is 11.7 Å². The average molecular weight is 567 g/mol. The second-order valence-electron chi connectivity index (χ2n) is 9.04. The summed E-state index contributed by atoms with van der Waals surface area (Å²) in [5.41, 5.74) is -0.993. The van der Waals surface area contributed by atoms with Gasteiger partial charge in [0.2, 0.25) is 5.89 Å². The third kappa shape index (κ3) is 11.3. The predicted octanol–water partition coefficient (Wildman–Crippen LogP) is 4.38. The van der Waals surface area contributed by atoms with E-state index >= 15 is 0 Å². The number of ether oxygens (including phenoxy) is 1. The summed E-state index contributed by atoms with van der Waals surface area (Å²) in [6.07, 6.45) is 2.64. The number of carbonyl (C=O) groups is 1. The van der Waals surface area contributed by atoms with Gasteiger partial charge in [-0.1, -0.05) is 32.9 Å². The highest BCUT2D eigenvalue weighted by atomic mass is 127. The van der Waals surface area contributed by atoms with E-state index in [-0.39, 0.29) is 29.9 Å². The Morgan fingerprint density at radius 3 is 2.31 bits per heavy atom. The van der Waals surface area contributed by atoms with Gasteiger partial charge < -0.3 is 25.2 Å². The number of amides is 1. The molecule has 0 aromatic carbocycles. The Kier molecular flexibility index (Phi) is 13.8. The number of carbonyl (C=O) groups excluding carboxylic acids is 1. The minimum atomic E-state index is -0.536. The molecule has 1 heterocycles. The van der Waals surface area contributed by atoms with E-state index in [4.69, 9.17) is 14.3 Å². The maximum atomic E-state index is 12.3. The van der Waals surface area contributed by atoms with Gasteiger partial charge in [0, 0.05) is 25.4 Å². The number of aromatic nitrogens is 2. The van der Waals surface area contributed by atoms with E-state index in [1.807, 2.05) is 55.4 Å². The van der Waals surface area contributed by atoms with Crippen LogP contribution in [0.1, 0.15) is 92.3 Å². The minimum Gasteiger partial charge on any atom is -0.444 e. The van der Waals surface area contributed by atoms with Crippen LogP contribution in [0.2, 0.25) is 0 Å². The zero-order valence-corrected chi connectivity index (χ0v) is 23.3. The molecular weight excluding hydrogens is 523 g/mol. The van der Waals surface area contributed by atoms with Crippen LogP contribution in [-0.4, -0.2) is 53.0 Å². The van der Waals surface area contributed by atoms with Gasteiger partial charge in [-0.05, 0) is 47.0 Å². The van der Waals surface area contributed by atoms with Crippen LogP contribution in [0.25, 0.3) is 0 Å². The van der Waals surface area contributed by atoms with Gasteiger partial charge in [-0.3, -0.25) is 4.99 Å². The average Bonchev–Trinajstić information content (AvgIpc) is 3.16. The summed E-state index contributed by atoms with van der Waals surface area (Å²) < 4.78 is 10.7. The van der Waals surface area contributed by atoms with Crippen molar-refractivity contribution in [2.45, 2.75) is 98.1 Å². The molecule has 9 nitrogen and oxygen atoms in total. The zero-order valence-electron chi connectivity index (χ0n) is 21.0. The highest BCUT2D eigenvalue weighted by Gasteiger charge is 2.30. The molecule has 186 valence electrons. The number of aliphatic imine (C=N–C) groups is 1. The van der Waals surface area contributed by atoms with Gasteiger partial charge in [0.05, 0.1) is 12.1 Å². The van der Waals surface area contributed by atoms with Crippen molar-refractivity contribution in [3.8, 4) is 0 Å². The molecule has 0 bridgehead atoms. The molecule has 0 saturated heterocycles. The molecule has 10 heteroatoms. The fraction of sp³-hybridized carbons (Fsp3) is 0.818. The van der Waals surface area contributed by atoms with Crippen LogP contribution < -0.4 is 16.0 Å². The Balaban J connectivity index is 0.00000961. The van der Waals surface area contributed by atoms with Crippen molar-refractivity contribution in [1.29, 1.82) is 0 Å². The molecule has 1 aromatic heterocycles. The number of hydrogen-bond donors (Lipinski definition) is 3. The molecule has 0 radical (unpaired) electrons. The number of aryl methyl sites for hydroxylation is 1. The highest BCUT2D eigenvalue weighted by molar-refractivity contribution is 14.0. The van der Waals surface area contributed by atoms with E-state index in [1.54, 1.807) is 0 Å². The van der Waals surface area contributed by atoms with Crippen LogP contribution in [0.4, 0.5) is 4.79 Å².